The summed E-state index contributed by atoms with van der Waals surface area (Å²) >= 11 is 4.18. The summed E-state index contributed by atoms with van der Waals surface area (Å²) in [6, 6.07) is 9.54. The molecule has 1 N–H and O–H groups in total. The minimum Gasteiger partial charge on any atom is -0.368 e. The van der Waals surface area contributed by atoms with Crippen LogP contribution in [0.1, 0.15) is 17.9 Å². The van der Waals surface area contributed by atoms with Gasteiger partial charge in [-0.25, -0.2) is 0 Å². The van der Waals surface area contributed by atoms with Gasteiger partial charge in [-0.3, -0.25) is 0 Å². The van der Waals surface area contributed by atoms with Gasteiger partial charge in [0.2, 0.25) is 0 Å². The number of thiol groups is 1. The Morgan fingerprint density at radius 3 is 2.42 bits per heavy atom. The van der Waals surface area contributed by atoms with Crippen molar-refractivity contribution in [3.63, 3.8) is 0 Å². The maximum Gasteiger partial charge on any atom is 0.153 e. The molecule has 0 heterocycles. The Kier molecular flexibility index (Phi) is 3.59. The molecule has 0 aliphatic carbocycles. The van der Waals surface area contributed by atoms with Crippen LogP contribution in [-0.4, -0.2) is 11.4 Å². The molecule has 2 atom stereocenters. The minimum atomic E-state index is -0.785. The molecule has 0 aliphatic heterocycles. The molecule has 0 aromatic heterocycles. The van der Waals surface area contributed by atoms with Gasteiger partial charge in [-0.05, 0) is 12.5 Å². The molecule has 0 amide bonds. The number of rotatable bonds is 3. The largest absolute Gasteiger partial charge is 0.368 e. The Labute approximate surface area is 77.6 Å². The molecular formula is C9H12O2S. The average molecular weight is 184 g/mol. The molecule has 12 heavy (non-hydrogen) atoms. The SMILES string of the molecule is CC(O)OC(S)c1ccccc1. The number of benzene rings is 1. The van der Waals surface area contributed by atoms with E-state index in [0.717, 1.165) is 5.56 Å². The molecule has 3 heteroatoms. The summed E-state index contributed by atoms with van der Waals surface area (Å²) in [6.45, 7) is 1.56. The molecule has 0 bridgehead atoms. The second kappa shape index (κ2) is 4.50. The number of hydrogen-bond acceptors (Lipinski definition) is 3. The van der Waals surface area contributed by atoms with E-state index in [1.54, 1.807) is 6.92 Å². The van der Waals surface area contributed by atoms with Crippen LogP contribution in [0.3, 0.4) is 0 Å². The maximum absolute atomic E-state index is 8.91. The molecule has 2 unspecified atom stereocenters. The average Bonchev–Trinajstić information content (AvgIpc) is 2.05. The van der Waals surface area contributed by atoms with E-state index in [1.165, 1.54) is 0 Å². The van der Waals surface area contributed by atoms with Gasteiger partial charge in [0, 0.05) is 0 Å². The lowest BCUT2D eigenvalue weighted by atomic mass is 10.2. The van der Waals surface area contributed by atoms with Crippen LogP contribution in [0.15, 0.2) is 30.3 Å². The predicted octanol–water partition coefficient (Wildman–Crippen LogP) is 1.97. The first-order chi connectivity index (χ1) is 5.70. The van der Waals surface area contributed by atoms with Crippen molar-refractivity contribution < 1.29 is 9.84 Å². The van der Waals surface area contributed by atoms with Gasteiger partial charge in [0.1, 0.15) is 5.44 Å². The summed E-state index contributed by atoms with van der Waals surface area (Å²) in [5.74, 6) is 0. The highest BCUT2D eigenvalue weighted by Gasteiger charge is 2.07. The van der Waals surface area contributed by atoms with Gasteiger partial charge in [0.15, 0.2) is 6.29 Å². The van der Waals surface area contributed by atoms with Gasteiger partial charge in [0.25, 0.3) is 0 Å². The lowest BCUT2D eigenvalue weighted by molar-refractivity contribution is -0.0967. The zero-order valence-corrected chi connectivity index (χ0v) is 7.74. The Morgan fingerprint density at radius 2 is 1.92 bits per heavy atom. The molecule has 0 saturated heterocycles. The van der Waals surface area contributed by atoms with Crippen LogP contribution in [0.4, 0.5) is 0 Å². The smallest absolute Gasteiger partial charge is 0.153 e. The molecular weight excluding hydrogens is 172 g/mol. The van der Waals surface area contributed by atoms with Crippen molar-refractivity contribution >= 4 is 12.6 Å². The van der Waals surface area contributed by atoms with Crippen LogP contribution in [0.2, 0.25) is 0 Å². The van der Waals surface area contributed by atoms with E-state index in [4.69, 9.17) is 9.84 Å². The molecule has 1 rings (SSSR count). The third-order valence-electron chi connectivity index (χ3n) is 1.41. The van der Waals surface area contributed by atoms with Crippen molar-refractivity contribution in [3.8, 4) is 0 Å². The fourth-order valence-corrected chi connectivity index (χ4v) is 1.23. The topological polar surface area (TPSA) is 29.5 Å². The second-order valence-corrected chi connectivity index (χ2v) is 2.97. The van der Waals surface area contributed by atoms with Crippen molar-refractivity contribution in [1.82, 2.24) is 0 Å². The Hall–Kier alpha value is -0.510. The molecule has 0 aliphatic rings. The standard InChI is InChI=1S/C9H12O2S/c1-7(10)11-9(12)8-5-3-2-4-6-8/h2-7,9-10,12H,1H3. The summed E-state index contributed by atoms with van der Waals surface area (Å²) in [5.41, 5.74) is 0.591. The zero-order valence-electron chi connectivity index (χ0n) is 6.84. The fraction of sp³-hybridized carbons (Fsp3) is 0.333. The van der Waals surface area contributed by atoms with Crippen molar-refractivity contribution in [3.05, 3.63) is 35.9 Å². The molecule has 0 saturated carbocycles. The molecule has 1 aromatic carbocycles. The van der Waals surface area contributed by atoms with E-state index < -0.39 is 6.29 Å². The monoisotopic (exact) mass is 184 g/mol. The normalized spacial score (nSPS) is 15.6. The Morgan fingerprint density at radius 1 is 1.33 bits per heavy atom. The van der Waals surface area contributed by atoms with Gasteiger partial charge in [-0.1, -0.05) is 30.3 Å². The first-order valence-electron chi connectivity index (χ1n) is 3.76. The number of aliphatic hydroxyl groups is 1. The van der Waals surface area contributed by atoms with Crippen molar-refractivity contribution in [2.75, 3.05) is 0 Å². The highest BCUT2D eigenvalue weighted by molar-refractivity contribution is 7.80. The van der Waals surface area contributed by atoms with Gasteiger partial charge in [-0.15, -0.1) is 12.6 Å². The van der Waals surface area contributed by atoms with Gasteiger partial charge >= 0.3 is 0 Å². The van der Waals surface area contributed by atoms with Crippen LogP contribution >= 0.6 is 12.6 Å². The minimum absolute atomic E-state index is 0.355. The first-order valence-corrected chi connectivity index (χ1v) is 4.28. The third kappa shape index (κ3) is 2.85. The van der Waals surface area contributed by atoms with Crippen LogP contribution in [0.5, 0.6) is 0 Å². The first kappa shape index (κ1) is 9.58. The van der Waals surface area contributed by atoms with Crippen LogP contribution in [0, 0.1) is 0 Å². The van der Waals surface area contributed by atoms with Crippen molar-refractivity contribution in [1.29, 1.82) is 0 Å². The summed E-state index contributed by atoms with van der Waals surface area (Å²) in [7, 11) is 0. The van der Waals surface area contributed by atoms with E-state index in [9.17, 15) is 0 Å². The zero-order chi connectivity index (χ0) is 8.97. The molecule has 0 spiro atoms. The highest BCUT2D eigenvalue weighted by Crippen LogP contribution is 2.21. The molecule has 1 aromatic rings. The van der Waals surface area contributed by atoms with Gasteiger partial charge in [-0.2, -0.15) is 0 Å². The van der Waals surface area contributed by atoms with E-state index in [-0.39, 0.29) is 5.44 Å². The van der Waals surface area contributed by atoms with Crippen molar-refractivity contribution in [2.45, 2.75) is 18.6 Å². The number of hydrogen-bond donors (Lipinski definition) is 2. The lowest BCUT2D eigenvalue weighted by Gasteiger charge is -2.14. The van der Waals surface area contributed by atoms with E-state index in [0.29, 0.717) is 0 Å². The lowest BCUT2D eigenvalue weighted by Crippen LogP contribution is -2.08. The maximum atomic E-state index is 8.91. The summed E-state index contributed by atoms with van der Waals surface area (Å²) in [4.78, 5) is 0. The second-order valence-electron chi connectivity index (χ2n) is 2.50. The summed E-state index contributed by atoms with van der Waals surface area (Å²) in [6.07, 6.45) is -0.785. The molecule has 0 fully saturated rings. The molecule has 66 valence electrons. The fourth-order valence-electron chi connectivity index (χ4n) is 0.883. The highest BCUT2D eigenvalue weighted by atomic mass is 32.1. The quantitative estimate of drug-likeness (QED) is 0.555. The summed E-state index contributed by atoms with van der Waals surface area (Å²) in [5, 5.41) is 8.91. The van der Waals surface area contributed by atoms with E-state index in [2.05, 4.69) is 12.6 Å². The van der Waals surface area contributed by atoms with Crippen LogP contribution in [0.25, 0.3) is 0 Å². The third-order valence-corrected chi connectivity index (χ3v) is 1.83. The summed E-state index contributed by atoms with van der Waals surface area (Å²) < 4.78 is 5.06. The van der Waals surface area contributed by atoms with Crippen LogP contribution in [-0.2, 0) is 4.74 Å². The van der Waals surface area contributed by atoms with E-state index in [1.807, 2.05) is 30.3 Å². The molecule has 0 radical (unpaired) electrons. The van der Waals surface area contributed by atoms with Crippen LogP contribution < -0.4 is 0 Å². The number of aliphatic hydroxyl groups excluding tert-OH is 1. The molecule has 2 nitrogen and oxygen atoms in total. The van der Waals surface area contributed by atoms with Gasteiger partial charge < -0.3 is 9.84 Å². The Bertz CT molecular complexity index is 223. The number of ether oxygens (including phenoxy) is 1. The predicted molar refractivity (Wildman–Crippen MR) is 50.9 cm³/mol. The van der Waals surface area contributed by atoms with Crippen molar-refractivity contribution in [2.24, 2.45) is 0 Å². The van der Waals surface area contributed by atoms with Gasteiger partial charge in [0.05, 0.1) is 0 Å². The Balaban J connectivity index is 2.59. The van der Waals surface area contributed by atoms with E-state index >= 15 is 0 Å².